The number of ether oxygens (including phenoxy) is 1. The Morgan fingerprint density at radius 1 is 1.50 bits per heavy atom. The number of hydrogen-bond acceptors (Lipinski definition) is 4. The van der Waals surface area contributed by atoms with Crippen molar-refractivity contribution in [1.29, 1.82) is 0 Å². The summed E-state index contributed by atoms with van der Waals surface area (Å²) in [6, 6.07) is 2.12. The van der Waals surface area contributed by atoms with Crippen molar-refractivity contribution in [2.45, 2.75) is 38.2 Å². The van der Waals surface area contributed by atoms with E-state index in [1.54, 1.807) is 11.3 Å². The normalized spacial score (nSPS) is 32.4. The minimum atomic E-state index is 0.0965. The molecule has 0 aromatic carbocycles. The molecular weight excluding hydrogens is 298 g/mol. The molecule has 0 radical (unpaired) electrons. The molecule has 1 N–H and O–H groups in total. The molecule has 0 aliphatic carbocycles. The highest BCUT2D eigenvalue weighted by Crippen LogP contribution is 2.35. The number of carbonyl (C=O) groups is 1. The van der Waals surface area contributed by atoms with Gasteiger partial charge in [0.25, 0.3) is 0 Å². The average Bonchev–Trinajstić information content (AvgIpc) is 3.22. The van der Waals surface area contributed by atoms with Crippen LogP contribution in [0.4, 0.5) is 0 Å². The zero-order valence-electron chi connectivity index (χ0n) is 13.1. The number of nitrogens with zero attached hydrogens (tertiary/aromatic N) is 1. The van der Waals surface area contributed by atoms with Crippen LogP contribution >= 0.6 is 11.3 Å². The van der Waals surface area contributed by atoms with Gasteiger partial charge < -0.3 is 14.7 Å². The standard InChI is InChI=1S/C17H25NO3S/c1-2-15-7-12(3-5-21-15)17(20)18-8-14(10-19)16(9-18)13-4-6-22-11-13/h4,6,11-12,14-16,19H,2-3,5,7-10H2,1H3/t12-,14-,15-,16-/m0/s1. The summed E-state index contributed by atoms with van der Waals surface area (Å²) in [6.45, 7) is 4.39. The van der Waals surface area contributed by atoms with Crippen molar-refractivity contribution in [3.63, 3.8) is 0 Å². The predicted octanol–water partition coefficient (Wildman–Crippen LogP) is 2.49. The van der Waals surface area contributed by atoms with Crippen LogP contribution in [0.3, 0.4) is 0 Å². The van der Waals surface area contributed by atoms with Crippen molar-refractivity contribution < 1.29 is 14.6 Å². The van der Waals surface area contributed by atoms with Crippen LogP contribution < -0.4 is 0 Å². The van der Waals surface area contributed by atoms with Gasteiger partial charge in [0, 0.05) is 44.1 Å². The third kappa shape index (κ3) is 3.21. The molecular formula is C17H25NO3S. The van der Waals surface area contributed by atoms with Crippen LogP contribution in [0.1, 0.15) is 37.7 Å². The minimum Gasteiger partial charge on any atom is -0.396 e. The SMILES string of the molecule is CC[C@H]1C[C@@H](C(=O)N2C[C@@H](CO)[C@H](c3ccsc3)C2)CCO1. The Hall–Kier alpha value is -0.910. The summed E-state index contributed by atoms with van der Waals surface area (Å²) in [4.78, 5) is 14.8. The van der Waals surface area contributed by atoms with Gasteiger partial charge in [0.05, 0.1) is 6.10 Å². The molecule has 2 aliphatic heterocycles. The van der Waals surface area contributed by atoms with Crippen LogP contribution in [-0.4, -0.2) is 48.3 Å². The Morgan fingerprint density at radius 3 is 3.05 bits per heavy atom. The second-order valence-electron chi connectivity index (χ2n) is 6.47. The largest absolute Gasteiger partial charge is 0.396 e. The van der Waals surface area contributed by atoms with E-state index >= 15 is 0 Å². The first-order valence-corrected chi connectivity index (χ1v) is 9.20. The van der Waals surface area contributed by atoms with Gasteiger partial charge in [-0.15, -0.1) is 0 Å². The summed E-state index contributed by atoms with van der Waals surface area (Å²) >= 11 is 1.68. The highest BCUT2D eigenvalue weighted by atomic mass is 32.1. The van der Waals surface area contributed by atoms with Crippen molar-refractivity contribution in [1.82, 2.24) is 4.90 Å². The van der Waals surface area contributed by atoms with Crippen LogP contribution in [0, 0.1) is 11.8 Å². The Bertz CT molecular complexity index is 490. The number of carbonyl (C=O) groups excluding carboxylic acids is 1. The number of thiophene rings is 1. The van der Waals surface area contributed by atoms with Gasteiger partial charge in [0.15, 0.2) is 0 Å². The molecule has 0 unspecified atom stereocenters. The van der Waals surface area contributed by atoms with Crippen molar-refractivity contribution in [3.8, 4) is 0 Å². The molecule has 122 valence electrons. The first kappa shape index (κ1) is 16.0. The van der Waals surface area contributed by atoms with Gasteiger partial charge in [-0.3, -0.25) is 4.79 Å². The van der Waals surface area contributed by atoms with E-state index in [0.29, 0.717) is 13.2 Å². The molecule has 2 saturated heterocycles. The maximum Gasteiger partial charge on any atom is 0.225 e. The number of rotatable bonds is 4. The molecule has 2 fully saturated rings. The van der Waals surface area contributed by atoms with E-state index in [1.165, 1.54) is 5.56 Å². The third-order valence-corrected chi connectivity index (χ3v) is 5.83. The molecule has 2 aliphatic rings. The van der Waals surface area contributed by atoms with Crippen LogP contribution in [-0.2, 0) is 9.53 Å². The number of hydrogen-bond donors (Lipinski definition) is 1. The van der Waals surface area contributed by atoms with E-state index in [1.807, 2.05) is 4.90 Å². The van der Waals surface area contributed by atoms with E-state index < -0.39 is 0 Å². The lowest BCUT2D eigenvalue weighted by Gasteiger charge is -2.31. The lowest BCUT2D eigenvalue weighted by atomic mass is 9.91. The third-order valence-electron chi connectivity index (χ3n) is 5.13. The van der Waals surface area contributed by atoms with Crippen LogP contribution in [0.2, 0.25) is 0 Å². The Kier molecular flexibility index (Phi) is 5.16. The summed E-state index contributed by atoms with van der Waals surface area (Å²) < 4.78 is 5.68. The quantitative estimate of drug-likeness (QED) is 0.926. The fourth-order valence-electron chi connectivity index (χ4n) is 3.75. The smallest absolute Gasteiger partial charge is 0.225 e. The van der Waals surface area contributed by atoms with Gasteiger partial charge in [0.1, 0.15) is 0 Å². The maximum atomic E-state index is 12.8. The van der Waals surface area contributed by atoms with E-state index in [2.05, 4.69) is 23.8 Å². The fourth-order valence-corrected chi connectivity index (χ4v) is 4.47. The molecule has 0 spiro atoms. The Morgan fingerprint density at radius 2 is 2.36 bits per heavy atom. The van der Waals surface area contributed by atoms with Gasteiger partial charge in [-0.05, 0) is 41.7 Å². The molecule has 1 aromatic heterocycles. The van der Waals surface area contributed by atoms with Gasteiger partial charge in [-0.1, -0.05) is 6.92 Å². The van der Waals surface area contributed by atoms with Crippen molar-refractivity contribution in [3.05, 3.63) is 22.4 Å². The van der Waals surface area contributed by atoms with Gasteiger partial charge in [-0.25, -0.2) is 0 Å². The van der Waals surface area contributed by atoms with Gasteiger partial charge in [0.2, 0.25) is 5.91 Å². The first-order chi connectivity index (χ1) is 10.7. The van der Waals surface area contributed by atoms with E-state index in [4.69, 9.17) is 4.74 Å². The van der Waals surface area contributed by atoms with Crippen molar-refractivity contribution in [2.24, 2.45) is 11.8 Å². The zero-order valence-corrected chi connectivity index (χ0v) is 13.9. The van der Waals surface area contributed by atoms with E-state index in [-0.39, 0.29) is 36.4 Å². The highest BCUT2D eigenvalue weighted by molar-refractivity contribution is 7.08. The van der Waals surface area contributed by atoms with Crippen LogP contribution in [0.15, 0.2) is 16.8 Å². The summed E-state index contributed by atoms with van der Waals surface area (Å²) in [5.74, 6) is 0.805. The van der Waals surface area contributed by atoms with Crippen molar-refractivity contribution >= 4 is 17.2 Å². The molecule has 1 amide bonds. The number of aliphatic hydroxyl groups is 1. The minimum absolute atomic E-state index is 0.0965. The zero-order chi connectivity index (χ0) is 15.5. The molecule has 3 rings (SSSR count). The summed E-state index contributed by atoms with van der Waals surface area (Å²) in [6.07, 6.45) is 2.88. The average molecular weight is 323 g/mol. The van der Waals surface area contributed by atoms with E-state index in [0.717, 1.165) is 25.8 Å². The molecule has 5 heteroatoms. The molecule has 4 nitrogen and oxygen atoms in total. The lowest BCUT2D eigenvalue weighted by Crippen LogP contribution is -2.39. The number of likely N-dealkylation sites (tertiary alicyclic amines) is 1. The summed E-state index contributed by atoms with van der Waals surface area (Å²) in [5.41, 5.74) is 1.26. The lowest BCUT2D eigenvalue weighted by molar-refractivity contribution is -0.139. The molecule has 0 saturated carbocycles. The predicted molar refractivity (Wildman–Crippen MR) is 87.0 cm³/mol. The van der Waals surface area contributed by atoms with Crippen molar-refractivity contribution in [2.75, 3.05) is 26.3 Å². The summed E-state index contributed by atoms with van der Waals surface area (Å²) in [7, 11) is 0. The summed E-state index contributed by atoms with van der Waals surface area (Å²) in [5, 5.41) is 13.9. The fraction of sp³-hybridized carbons (Fsp3) is 0.706. The monoisotopic (exact) mass is 323 g/mol. The van der Waals surface area contributed by atoms with Crippen LogP contribution in [0.5, 0.6) is 0 Å². The molecule has 0 bridgehead atoms. The Labute approximate surface area is 136 Å². The molecule has 1 aromatic rings. The molecule has 4 atom stereocenters. The van der Waals surface area contributed by atoms with E-state index in [9.17, 15) is 9.90 Å². The topological polar surface area (TPSA) is 49.8 Å². The first-order valence-electron chi connectivity index (χ1n) is 8.26. The van der Waals surface area contributed by atoms with Crippen LogP contribution in [0.25, 0.3) is 0 Å². The second kappa shape index (κ2) is 7.11. The number of aliphatic hydroxyl groups excluding tert-OH is 1. The number of amides is 1. The van der Waals surface area contributed by atoms with Gasteiger partial charge in [-0.2, -0.15) is 11.3 Å². The molecule has 3 heterocycles. The second-order valence-corrected chi connectivity index (χ2v) is 7.25. The Balaban J connectivity index is 1.66. The molecule has 22 heavy (non-hydrogen) atoms. The maximum absolute atomic E-state index is 12.8. The van der Waals surface area contributed by atoms with Gasteiger partial charge >= 0.3 is 0 Å². The highest BCUT2D eigenvalue weighted by Gasteiger charge is 2.39.